The van der Waals surface area contributed by atoms with Crippen molar-refractivity contribution in [2.24, 2.45) is 11.8 Å². The lowest BCUT2D eigenvalue weighted by Gasteiger charge is -2.32. The molecule has 0 aromatic heterocycles. The minimum atomic E-state index is -0.281. The zero-order chi connectivity index (χ0) is 20.4. The van der Waals surface area contributed by atoms with Crippen LogP contribution >= 0.6 is 11.6 Å². The summed E-state index contributed by atoms with van der Waals surface area (Å²) in [5.41, 5.74) is 1.22. The Hall–Kier alpha value is -2.18. The Morgan fingerprint density at radius 3 is 2.17 bits per heavy atom. The molecule has 154 valence electrons. The highest BCUT2D eigenvalue weighted by atomic mass is 35.5. The number of carbonyl (C=O) groups is 3. The molecule has 7 heteroatoms. The molecule has 1 aromatic rings. The van der Waals surface area contributed by atoms with Crippen molar-refractivity contribution >= 4 is 29.3 Å². The largest absolute Gasteiger partial charge is 0.352 e. The highest BCUT2D eigenvalue weighted by Crippen LogP contribution is 2.34. The van der Waals surface area contributed by atoms with E-state index in [9.17, 15) is 14.4 Å². The van der Waals surface area contributed by atoms with Gasteiger partial charge < -0.3 is 5.32 Å². The third-order valence-electron chi connectivity index (χ3n) is 6.17. The van der Waals surface area contributed by atoms with Gasteiger partial charge in [-0.3, -0.25) is 24.2 Å². The summed E-state index contributed by atoms with van der Waals surface area (Å²) in [6.45, 7) is 2.50. The monoisotopic (exact) mass is 415 g/mol. The van der Waals surface area contributed by atoms with Crippen LogP contribution in [0.1, 0.15) is 31.2 Å². The number of likely N-dealkylation sites (tertiary alicyclic amines) is 2. The molecule has 3 aliphatic rings. The molecule has 1 N–H and O–H groups in total. The maximum Gasteiger partial charge on any atom is 0.240 e. The van der Waals surface area contributed by atoms with Gasteiger partial charge in [0.1, 0.15) is 6.54 Å². The SMILES string of the molecule is O=C(CN1C(=O)C2CC=CCC2C1=O)NC1CCN(Cc2ccc(Cl)cc2)CC1. The predicted octanol–water partition coefficient (Wildman–Crippen LogP) is 2.37. The van der Waals surface area contributed by atoms with Crippen molar-refractivity contribution in [2.75, 3.05) is 19.6 Å². The van der Waals surface area contributed by atoms with E-state index in [1.54, 1.807) is 0 Å². The summed E-state index contributed by atoms with van der Waals surface area (Å²) in [6, 6.07) is 7.95. The van der Waals surface area contributed by atoms with E-state index < -0.39 is 0 Å². The summed E-state index contributed by atoms with van der Waals surface area (Å²) in [6.07, 6.45) is 6.81. The number of nitrogens with one attached hydrogen (secondary N) is 1. The van der Waals surface area contributed by atoms with Gasteiger partial charge in [0, 0.05) is 30.7 Å². The summed E-state index contributed by atoms with van der Waals surface area (Å²) in [5.74, 6) is -1.20. The van der Waals surface area contributed by atoms with Gasteiger partial charge in [-0.05, 0) is 43.4 Å². The molecule has 4 rings (SSSR count). The van der Waals surface area contributed by atoms with E-state index in [1.807, 2.05) is 36.4 Å². The zero-order valence-electron chi connectivity index (χ0n) is 16.4. The Balaban J connectivity index is 1.23. The van der Waals surface area contributed by atoms with E-state index in [0.29, 0.717) is 12.8 Å². The first-order valence-corrected chi connectivity index (χ1v) is 10.7. The zero-order valence-corrected chi connectivity index (χ0v) is 17.1. The van der Waals surface area contributed by atoms with E-state index in [4.69, 9.17) is 11.6 Å². The fourth-order valence-electron chi connectivity index (χ4n) is 4.53. The molecule has 1 aliphatic carbocycles. The first-order valence-electron chi connectivity index (χ1n) is 10.3. The van der Waals surface area contributed by atoms with Crippen molar-refractivity contribution in [1.82, 2.24) is 15.1 Å². The molecule has 2 unspecified atom stereocenters. The van der Waals surface area contributed by atoms with Crippen LogP contribution in [0, 0.1) is 11.8 Å². The minimum absolute atomic E-state index is 0.0840. The van der Waals surface area contributed by atoms with Crippen LogP contribution in [0.15, 0.2) is 36.4 Å². The van der Waals surface area contributed by atoms with Crippen LogP contribution in [0.2, 0.25) is 5.02 Å². The number of allylic oxidation sites excluding steroid dienone is 2. The second-order valence-corrected chi connectivity index (χ2v) is 8.60. The lowest BCUT2D eigenvalue weighted by atomic mass is 9.85. The molecule has 2 atom stereocenters. The number of hydrogen-bond donors (Lipinski definition) is 1. The topological polar surface area (TPSA) is 69.7 Å². The maximum absolute atomic E-state index is 12.5. The lowest BCUT2D eigenvalue weighted by molar-refractivity contribution is -0.143. The molecule has 0 radical (unpaired) electrons. The Kier molecular flexibility index (Phi) is 6.01. The van der Waals surface area contributed by atoms with Gasteiger partial charge in [0.15, 0.2) is 0 Å². The van der Waals surface area contributed by atoms with Crippen LogP contribution in [-0.4, -0.2) is 53.2 Å². The smallest absolute Gasteiger partial charge is 0.240 e. The summed E-state index contributed by atoms with van der Waals surface area (Å²) >= 11 is 5.93. The molecule has 1 aromatic carbocycles. The quantitative estimate of drug-likeness (QED) is 0.592. The number of hydrogen-bond acceptors (Lipinski definition) is 4. The Labute approximate surface area is 175 Å². The number of imide groups is 1. The van der Waals surface area contributed by atoms with Gasteiger partial charge in [0.05, 0.1) is 11.8 Å². The molecule has 2 fully saturated rings. The van der Waals surface area contributed by atoms with Gasteiger partial charge >= 0.3 is 0 Å². The van der Waals surface area contributed by atoms with Crippen molar-refractivity contribution in [3.63, 3.8) is 0 Å². The van der Waals surface area contributed by atoms with E-state index in [2.05, 4.69) is 10.2 Å². The third kappa shape index (κ3) is 4.54. The van der Waals surface area contributed by atoms with Crippen molar-refractivity contribution in [3.8, 4) is 0 Å². The average Bonchev–Trinajstić information content (AvgIpc) is 2.96. The van der Waals surface area contributed by atoms with Crippen LogP contribution in [0.4, 0.5) is 0 Å². The number of nitrogens with zero attached hydrogens (tertiary/aromatic N) is 2. The molecular weight excluding hydrogens is 390 g/mol. The normalized spacial score (nSPS) is 25.3. The predicted molar refractivity (Wildman–Crippen MR) is 110 cm³/mol. The summed E-state index contributed by atoms with van der Waals surface area (Å²) in [4.78, 5) is 41.0. The molecule has 2 saturated heterocycles. The van der Waals surface area contributed by atoms with Crippen molar-refractivity contribution < 1.29 is 14.4 Å². The first kappa shape index (κ1) is 20.1. The fraction of sp³-hybridized carbons (Fsp3) is 0.500. The summed E-state index contributed by atoms with van der Waals surface area (Å²) in [7, 11) is 0. The van der Waals surface area contributed by atoms with Crippen LogP contribution in [0.3, 0.4) is 0 Å². The molecule has 3 amide bonds. The highest BCUT2D eigenvalue weighted by Gasteiger charge is 2.47. The van der Waals surface area contributed by atoms with Crippen LogP contribution in [0.25, 0.3) is 0 Å². The van der Waals surface area contributed by atoms with E-state index >= 15 is 0 Å². The number of benzene rings is 1. The van der Waals surface area contributed by atoms with Crippen LogP contribution < -0.4 is 5.32 Å². The number of piperidine rings is 1. The van der Waals surface area contributed by atoms with Gasteiger partial charge in [0.25, 0.3) is 0 Å². The lowest BCUT2D eigenvalue weighted by Crippen LogP contribution is -2.48. The van der Waals surface area contributed by atoms with Crippen molar-refractivity contribution in [3.05, 3.63) is 47.0 Å². The van der Waals surface area contributed by atoms with Crippen molar-refractivity contribution in [1.29, 1.82) is 0 Å². The van der Waals surface area contributed by atoms with Gasteiger partial charge in [-0.1, -0.05) is 35.9 Å². The number of fused-ring (bicyclic) bond motifs is 1. The van der Waals surface area contributed by atoms with Crippen LogP contribution in [0.5, 0.6) is 0 Å². The second-order valence-electron chi connectivity index (χ2n) is 8.16. The molecule has 0 spiro atoms. The summed E-state index contributed by atoms with van der Waals surface area (Å²) in [5, 5.41) is 3.75. The Bertz CT molecular complexity index is 789. The number of carbonyl (C=O) groups excluding carboxylic acids is 3. The van der Waals surface area contributed by atoms with E-state index in [-0.39, 0.29) is 42.1 Å². The average molecular weight is 416 g/mol. The van der Waals surface area contributed by atoms with Crippen LogP contribution in [-0.2, 0) is 20.9 Å². The number of rotatable bonds is 5. The molecule has 6 nitrogen and oxygen atoms in total. The van der Waals surface area contributed by atoms with Gasteiger partial charge in [-0.25, -0.2) is 0 Å². The highest BCUT2D eigenvalue weighted by molar-refractivity contribution is 6.30. The Morgan fingerprint density at radius 2 is 1.59 bits per heavy atom. The van der Waals surface area contributed by atoms with Crippen molar-refractivity contribution in [2.45, 2.75) is 38.3 Å². The molecule has 29 heavy (non-hydrogen) atoms. The Morgan fingerprint density at radius 1 is 1.00 bits per heavy atom. The number of amides is 3. The maximum atomic E-state index is 12.5. The second kappa shape index (κ2) is 8.67. The molecular formula is C22H26ClN3O3. The third-order valence-corrected chi connectivity index (χ3v) is 6.42. The molecule has 0 bridgehead atoms. The first-order chi connectivity index (χ1) is 14.0. The standard InChI is InChI=1S/C22H26ClN3O3/c23-16-7-5-15(6-8-16)13-25-11-9-17(10-12-25)24-20(27)14-26-21(28)18-3-1-2-4-19(18)22(26)29/h1-2,5-8,17-19H,3-4,9-14H2,(H,24,27). The molecule has 0 saturated carbocycles. The van der Waals surface area contributed by atoms with E-state index in [1.165, 1.54) is 5.56 Å². The number of halogens is 1. The van der Waals surface area contributed by atoms with Gasteiger partial charge in [0.2, 0.25) is 17.7 Å². The molecule has 2 heterocycles. The minimum Gasteiger partial charge on any atom is -0.352 e. The summed E-state index contributed by atoms with van der Waals surface area (Å²) < 4.78 is 0. The fourth-order valence-corrected chi connectivity index (χ4v) is 4.65. The van der Waals surface area contributed by atoms with Gasteiger partial charge in [-0.15, -0.1) is 0 Å². The van der Waals surface area contributed by atoms with Gasteiger partial charge in [-0.2, -0.15) is 0 Å². The molecule has 2 aliphatic heterocycles. The van der Waals surface area contributed by atoms with E-state index in [0.717, 1.165) is 42.4 Å².